The average Bonchev–Trinajstić information content (AvgIpc) is 2.98. The maximum atomic E-state index is 12.7. The lowest BCUT2D eigenvalue weighted by atomic mass is 9.72. The van der Waals surface area contributed by atoms with Gasteiger partial charge in [-0.2, -0.15) is 0 Å². The van der Waals surface area contributed by atoms with Crippen molar-refractivity contribution in [3.63, 3.8) is 0 Å². The smallest absolute Gasteiger partial charge is 0.251 e. The van der Waals surface area contributed by atoms with Gasteiger partial charge < -0.3 is 9.84 Å². The summed E-state index contributed by atoms with van der Waals surface area (Å²) >= 11 is 0. The highest BCUT2D eigenvalue weighted by molar-refractivity contribution is 5.97. The molecule has 1 aromatic heterocycles. The van der Waals surface area contributed by atoms with Crippen LogP contribution < -0.4 is 5.32 Å². The first kappa shape index (κ1) is 13.8. The predicted molar refractivity (Wildman–Crippen MR) is 83.6 cm³/mol. The summed E-state index contributed by atoms with van der Waals surface area (Å²) in [4.78, 5) is 15.2. The van der Waals surface area contributed by atoms with Gasteiger partial charge in [-0.05, 0) is 63.9 Å². The van der Waals surface area contributed by atoms with Crippen LogP contribution in [0.15, 0.2) is 28.9 Å². The van der Waals surface area contributed by atoms with E-state index in [2.05, 4.69) is 29.2 Å². The van der Waals surface area contributed by atoms with Crippen molar-refractivity contribution in [2.24, 2.45) is 5.92 Å². The maximum Gasteiger partial charge on any atom is 0.251 e. The lowest BCUT2D eigenvalue weighted by Crippen LogP contribution is -2.69. The highest BCUT2D eigenvalue weighted by Crippen LogP contribution is 2.39. The van der Waals surface area contributed by atoms with E-state index in [9.17, 15) is 4.79 Å². The molecule has 3 aliphatic rings. The Bertz CT molecular complexity index is 714. The molecular formula is C17H21N3O2. The van der Waals surface area contributed by atoms with Crippen molar-refractivity contribution in [3.8, 4) is 0 Å². The van der Waals surface area contributed by atoms with Crippen LogP contribution >= 0.6 is 0 Å². The fourth-order valence-electron chi connectivity index (χ4n) is 4.12. The Hall–Kier alpha value is -1.88. The van der Waals surface area contributed by atoms with Crippen molar-refractivity contribution in [1.82, 2.24) is 15.4 Å². The number of piperidine rings is 3. The second-order valence-corrected chi connectivity index (χ2v) is 7.01. The van der Waals surface area contributed by atoms with Gasteiger partial charge in [0.2, 0.25) is 0 Å². The molecule has 5 rings (SSSR count). The van der Waals surface area contributed by atoms with Crippen LogP contribution in [-0.4, -0.2) is 40.6 Å². The summed E-state index contributed by atoms with van der Waals surface area (Å²) in [6.07, 6.45) is 4.00. The molecule has 3 aliphatic heterocycles. The fourth-order valence-corrected chi connectivity index (χ4v) is 4.12. The Labute approximate surface area is 129 Å². The molecule has 0 unspecified atom stereocenters. The van der Waals surface area contributed by atoms with Crippen LogP contribution in [0.25, 0.3) is 11.0 Å². The van der Waals surface area contributed by atoms with Crippen LogP contribution in [0.5, 0.6) is 0 Å². The topological polar surface area (TPSA) is 58.4 Å². The van der Waals surface area contributed by atoms with Crippen molar-refractivity contribution >= 4 is 16.9 Å². The van der Waals surface area contributed by atoms with E-state index in [1.54, 1.807) is 18.3 Å². The van der Waals surface area contributed by atoms with Crippen LogP contribution in [-0.2, 0) is 0 Å². The molecule has 3 saturated heterocycles. The molecule has 116 valence electrons. The minimum Gasteiger partial charge on any atom is -0.356 e. The van der Waals surface area contributed by atoms with Gasteiger partial charge in [-0.25, -0.2) is 0 Å². The molecule has 3 fully saturated rings. The molecule has 1 amide bonds. The van der Waals surface area contributed by atoms with Crippen molar-refractivity contribution in [3.05, 3.63) is 30.0 Å². The van der Waals surface area contributed by atoms with Gasteiger partial charge >= 0.3 is 0 Å². The first-order valence-electron chi connectivity index (χ1n) is 7.96. The van der Waals surface area contributed by atoms with E-state index in [0.717, 1.165) is 18.5 Å². The van der Waals surface area contributed by atoms with Gasteiger partial charge in [-0.1, -0.05) is 5.16 Å². The number of hydrogen-bond acceptors (Lipinski definition) is 4. The summed E-state index contributed by atoms with van der Waals surface area (Å²) in [5.41, 5.74) is 1.40. The zero-order valence-corrected chi connectivity index (χ0v) is 13.0. The van der Waals surface area contributed by atoms with E-state index in [4.69, 9.17) is 4.52 Å². The van der Waals surface area contributed by atoms with Gasteiger partial charge in [0, 0.05) is 22.5 Å². The SMILES string of the molecule is CC1(C)[C@H](NC(=O)c2ccc3oncc3c2)C2CCN1CC2. The molecule has 1 aromatic carbocycles. The van der Waals surface area contributed by atoms with Crippen LogP contribution in [0.4, 0.5) is 0 Å². The number of nitrogens with zero attached hydrogens (tertiary/aromatic N) is 2. The van der Waals surface area contributed by atoms with Gasteiger partial charge in [0.25, 0.3) is 5.91 Å². The van der Waals surface area contributed by atoms with Crippen LogP contribution in [0.3, 0.4) is 0 Å². The quantitative estimate of drug-likeness (QED) is 0.925. The van der Waals surface area contributed by atoms with E-state index in [-0.39, 0.29) is 17.5 Å². The highest BCUT2D eigenvalue weighted by Gasteiger charge is 2.48. The Kier molecular flexibility index (Phi) is 3.01. The van der Waals surface area contributed by atoms with Crippen molar-refractivity contribution in [2.45, 2.75) is 38.3 Å². The summed E-state index contributed by atoms with van der Waals surface area (Å²) in [5.74, 6) is 0.582. The number of rotatable bonds is 2. The number of nitrogens with one attached hydrogen (secondary N) is 1. The summed E-state index contributed by atoms with van der Waals surface area (Å²) in [6, 6.07) is 5.66. The Morgan fingerprint density at radius 1 is 1.36 bits per heavy atom. The third kappa shape index (κ3) is 2.03. The van der Waals surface area contributed by atoms with Crippen LogP contribution in [0.1, 0.15) is 37.0 Å². The number of aromatic nitrogens is 1. The Morgan fingerprint density at radius 3 is 2.86 bits per heavy atom. The van der Waals surface area contributed by atoms with Gasteiger partial charge in [-0.3, -0.25) is 9.69 Å². The normalized spacial score (nSPS) is 29.6. The number of benzene rings is 1. The molecule has 4 heterocycles. The van der Waals surface area contributed by atoms with Gasteiger partial charge in [0.1, 0.15) is 0 Å². The molecule has 2 bridgehead atoms. The second-order valence-electron chi connectivity index (χ2n) is 7.01. The average molecular weight is 299 g/mol. The summed E-state index contributed by atoms with van der Waals surface area (Å²) in [7, 11) is 0. The highest BCUT2D eigenvalue weighted by atomic mass is 16.5. The molecule has 1 atom stereocenters. The third-order valence-corrected chi connectivity index (χ3v) is 5.49. The molecule has 0 spiro atoms. The first-order chi connectivity index (χ1) is 10.6. The van der Waals surface area contributed by atoms with Crippen LogP contribution in [0, 0.1) is 5.92 Å². The molecule has 0 radical (unpaired) electrons. The largest absolute Gasteiger partial charge is 0.356 e. The van der Waals surface area contributed by atoms with E-state index >= 15 is 0 Å². The van der Waals surface area contributed by atoms with Gasteiger partial charge in [0.15, 0.2) is 5.58 Å². The Morgan fingerprint density at radius 2 is 2.14 bits per heavy atom. The fraction of sp³-hybridized carbons (Fsp3) is 0.529. The molecule has 5 heteroatoms. The molecule has 0 aliphatic carbocycles. The van der Waals surface area contributed by atoms with Crippen molar-refractivity contribution in [2.75, 3.05) is 13.1 Å². The molecule has 2 aromatic rings. The zero-order valence-electron chi connectivity index (χ0n) is 13.0. The first-order valence-corrected chi connectivity index (χ1v) is 7.96. The molecule has 1 N–H and O–H groups in total. The second kappa shape index (κ2) is 4.81. The summed E-state index contributed by atoms with van der Waals surface area (Å²) in [6.45, 7) is 6.78. The van der Waals surface area contributed by atoms with Gasteiger partial charge in [0.05, 0.1) is 6.20 Å². The minimum atomic E-state index is -0.00470. The molecule has 0 saturated carbocycles. The summed E-state index contributed by atoms with van der Waals surface area (Å²) in [5, 5.41) is 7.90. The number of carbonyl (C=O) groups excluding carboxylic acids is 1. The number of hydrogen-bond donors (Lipinski definition) is 1. The lowest BCUT2D eigenvalue weighted by molar-refractivity contribution is -0.0378. The van der Waals surface area contributed by atoms with Crippen LogP contribution in [0.2, 0.25) is 0 Å². The third-order valence-electron chi connectivity index (χ3n) is 5.49. The van der Waals surface area contributed by atoms with E-state index < -0.39 is 0 Å². The predicted octanol–water partition coefficient (Wildman–Crippen LogP) is 2.43. The maximum absolute atomic E-state index is 12.7. The van der Waals surface area contributed by atoms with Gasteiger partial charge in [-0.15, -0.1) is 0 Å². The standard InChI is InChI=1S/C17H21N3O2/c1-17(2)15(11-5-7-20(17)8-6-11)19-16(21)12-3-4-14-13(9-12)10-18-22-14/h3-4,9-11,15H,5-8H2,1-2H3,(H,19,21)/t15-/m1/s1. The lowest BCUT2D eigenvalue weighted by Gasteiger charge is -2.56. The van der Waals surface area contributed by atoms with E-state index in [1.165, 1.54) is 12.8 Å². The molecule has 22 heavy (non-hydrogen) atoms. The van der Waals surface area contributed by atoms with E-state index in [0.29, 0.717) is 17.1 Å². The number of amides is 1. The number of carbonyl (C=O) groups is 1. The minimum absolute atomic E-state index is 0.00470. The Balaban J connectivity index is 1.58. The molecular weight excluding hydrogens is 278 g/mol. The van der Waals surface area contributed by atoms with Crippen molar-refractivity contribution < 1.29 is 9.32 Å². The number of fused-ring (bicyclic) bond motifs is 4. The summed E-state index contributed by atoms with van der Waals surface area (Å²) < 4.78 is 5.09. The zero-order chi connectivity index (χ0) is 15.3. The monoisotopic (exact) mass is 299 g/mol. The van der Waals surface area contributed by atoms with E-state index in [1.807, 2.05) is 6.07 Å². The molecule has 5 nitrogen and oxygen atoms in total. The van der Waals surface area contributed by atoms with Crippen molar-refractivity contribution in [1.29, 1.82) is 0 Å².